The SMILES string of the molecule is O=C(CCn1cccc1)N1CCC(n2cccc2)CC1. The Morgan fingerprint density at radius 2 is 1.55 bits per heavy atom. The van der Waals surface area contributed by atoms with E-state index in [1.165, 1.54) is 0 Å². The van der Waals surface area contributed by atoms with Crippen LogP contribution in [0, 0.1) is 0 Å². The van der Waals surface area contributed by atoms with E-state index in [4.69, 9.17) is 0 Å². The summed E-state index contributed by atoms with van der Waals surface area (Å²) in [6, 6.07) is 8.67. The summed E-state index contributed by atoms with van der Waals surface area (Å²) in [6.45, 7) is 2.55. The Labute approximate surface area is 119 Å². The third-order valence-corrected chi connectivity index (χ3v) is 4.12. The topological polar surface area (TPSA) is 30.2 Å². The molecule has 0 saturated carbocycles. The van der Waals surface area contributed by atoms with Crippen LogP contribution in [0.25, 0.3) is 0 Å². The van der Waals surface area contributed by atoms with Gasteiger partial charge in [0.2, 0.25) is 5.91 Å². The minimum atomic E-state index is 0.282. The van der Waals surface area contributed by atoms with Crippen molar-refractivity contribution in [1.29, 1.82) is 0 Å². The van der Waals surface area contributed by atoms with Crippen molar-refractivity contribution in [3.8, 4) is 0 Å². The number of rotatable bonds is 4. The maximum absolute atomic E-state index is 12.2. The summed E-state index contributed by atoms with van der Waals surface area (Å²) in [5.41, 5.74) is 0. The lowest BCUT2D eigenvalue weighted by Crippen LogP contribution is -2.39. The maximum Gasteiger partial charge on any atom is 0.224 e. The molecule has 0 unspecified atom stereocenters. The van der Waals surface area contributed by atoms with Crippen LogP contribution < -0.4 is 0 Å². The van der Waals surface area contributed by atoms with Crippen LogP contribution in [0.3, 0.4) is 0 Å². The van der Waals surface area contributed by atoms with Gasteiger partial charge in [0.25, 0.3) is 0 Å². The molecule has 3 heterocycles. The van der Waals surface area contributed by atoms with Crippen molar-refractivity contribution < 1.29 is 4.79 Å². The van der Waals surface area contributed by atoms with Crippen molar-refractivity contribution in [3.63, 3.8) is 0 Å². The number of hydrogen-bond acceptors (Lipinski definition) is 1. The van der Waals surface area contributed by atoms with Crippen LogP contribution in [-0.2, 0) is 11.3 Å². The predicted molar refractivity (Wildman–Crippen MR) is 78.3 cm³/mol. The molecule has 2 aromatic rings. The second-order valence-electron chi connectivity index (χ2n) is 5.41. The van der Waals surface area contributed by atoms with Gasteiger partial charge in [-0.1, -0.05) is 0 Å². The first-order chi connectivity index (χ1) is 9.83. The number of aromatic nitrogens is 2. The van der Waals surface area contributed by atoms with Crippen LogP contribution >= 0.6 is 0 Å². The van der Waals surface area contributed by atoms with Gasteiger partial charge in [-0.3, -0.25) is 4.79 Å². The lowest BCUT2D eigenvalue weighted by atomic mass is 10.0. The molecule has 0 atom stereocenters. The molecule has 1 fully saturated rings. The number of likely N-dealkylation sites (tertiary alicyclic amines) is 1. The molecule has 2 aromatic heterocycles. The summed E-state index contributed by atoms with van der Waals surface area (Å²) < 4.78 is 4.33. The Morgan fingerprint density at radius 1 is 0.950 bits per heavy atom. The zero-order valence-corrected chi connectivity index (χ0v) is 11.7. The van der Waals surface area contributed by atoms with Crippen LogP contribution in [0.1, 0.15) is 25.3 Å². The van der Waals surface area contributed by atoms with E-state index in [0.29, 0.717) is 12.5 Å². The summed E-state index contributed by atoms with van der Waals surface area (Å²) in [5.74, 6) is 0.282. The van der Waals surface area contributed by atoms with Gasteiger partial charge < -0.3 is 14.0 Å². The van der Waals surface area contributed by atoms with Gasteiger partial charge in [0.05, 0.1) is 0 Å². The van der Waals surface area contributed by atoms with Crippen LogP contribution in [0.2, 0.25) is 0 Å². The molecule has 4 nitrogen and oxygen atoms in total. The number of carbonyl (C=O) groups is 1. The molecular formula is C16H21N3O. The second kappa shape index (κ2) is 5.99. The van der Waals surface area contributed by atoms with Crippen molar-refractivity contribution in [3.05, 3.63) is 49.1 Å². The molecular weight excluding hydrogens is 250 g/mol. The molecule has 1 aliphatic rings. The van der Waals surface area contributed by atoms with Gasteiger partial charge in [-0.05, 0) is 37.1 Å². The highest BCUT2D eigenvalue weighted by molar-refractivity contribution is 5.76. The molecule has 0 aromatic carbocycles. The van der Waals surface area contributed by atoms with Gasteiger partial charge in [0.1, 0.15) is 0 Å². The van der Waals surface area contributed by atoms with E-state index in [-0.39, 0.29) is 5.91 Å². The standard InChI is InChI=1S/C16H21N3O/c20-16(7-12-17-8-1-2-9-17)19-13-5-15(6-14-19)18-10-3-4-11-18/h1-4,8-11,15H,5-7,12-14H2. The molecule has 3 rings (SSSR count). The van der Waals surface area contributed by atoms with Crippen LogP contribution in [0.4, 0.5) is 0 Å². The third-order valence-electron chi connectivity index (χ3n) is 4.12. The molecule has 1 amide bonds. The third kappa shape index (κ3) is 2.95. The fraction of sp³-hybridized carbons (Fsp3) is 0.438. The van der Waals surface area contributed by atoms with Gasteiger partial charge in [-0.2, -0.15) is 0 Å². The van der Waals surface area contributed by atoms with Gasteiger partial charge in [-0.15, -0.1) is 0 Å². The molecule has 4 heteroatoms. The normalized spacial score (nSPS) is 16.5. The fourth-order valence-electron chi connectivity index (χ4n) is 2.91. The van der Waals surface area contributed by atoms with E-state index in [0.717, 1.165) is 32.5 Å². The minimum absolute atomic E-state index is 0.282. The van der Waals surface area contributed by atoms with Crippen molar-refractivity contribution in [1.82, 2.24) is 14.0 Å². The lowest BCUT2D eigenvalue weighted by Gasteiger charge is -2.33. The van der Waals surface area contributed by atoms with Crippen molar-refractivity contribution in [2.75, 3.05) is 13.1 Å². The number of nitrogens with zero attached hydrogens (tertiary/aromatic N) is 3. The molecule has 0 N–H and O–H groups in total. The zero-order valence-electron chi connectivity index (χ0n) is 11.7. The number of carbonyl (C=O) groups excluding carboxylic acids is 1. The smallest absolute Gasteiger partial charge is 0.224 e. The number of amides is 1. The maximum atomic E-state index is 12.2. The monoisotopic (exact) mass is 271 g/mol. The minimum Gasteiger partial charge on any atom is -0.354 e. The largest absolute Gasteiger partial charge is 0.354 e. The Kier molecular flexibility index (Phi) is 3.90. The van der Waals surface area contributed by atoms with Crippen LogP contribution in [0.5, 0.6) is 0 Å². The number of piperidine rings is 1. The van der Waals surface area contributed by atoms with Crippen molar-refractivity contribution >= 4 is 5.91 Å². The first-order valence-electron chi connectivity index (χ1n) is 7.34. The van der Waals surface area contributed by atoms with Crippen LogP contribution in [0.15, 0.2) is 49.1 Å². The summed E-state index contributed by atoms with van der Waals surface area (Å²) >= 11 is 0. The molecule has 0 aliphatic carbocycles. The Morgan fingerprint density at radius 3 is 2.20 bits per heavy atom. The average Bonchev–Trinajstić information content (AvgIpc) is 3.18. The van der Waals surface area contributed by atoms with Gasteiger partial charge in [0.15, 0.2) is 0 Å². The quantitative estimate of drug-likeness (QED) is 0.840. The molecule has 20 heavy (non-hydrogen) atoms. The summed E-state index contributed by atoms with van der Waals surface area (Å²) in [5, 5.41) is 0. The predicted octanol–water partition coefficient (Wildman–Crippen LogP) is 2.54. The molecule has 1 aliphatic heterocycles. The fourth-order valence-corrected chi connectivity index (χ4v) is 2.91. The Bertz CT molecular complexity index is 522. The highest BCUT2D eigenvalue weighted by Crippen LogP contribution is 2.22. The molecule has 0 radical (unpaired) electrons. The summed E-state index contributed by atoms with van der Waals surface area (Å²) in [7, 11) is 0. The average molecular weight is 271 g/mol. The van der Waals surface area contributed by atoms with Crippen molar-refractivity contribution in [2.24, 2.45) is 0 Å². The number of aryl methyl sites for hydroxylation is 1. The Hall–Kier alpha value is -1.97. The van der Waals surface area contributed by atoms with Gasteiger partial charge in [-0.25, -0.2) is 0 Å². The molecule has 0 bridgehead atoms. The second-order valence-corrected chi connectivity index (χ2v) is 5.41. The van der Waals surface area contributed by atoms with Gasteiger partial charge >= 0.3 is 0 Å². The molecule has 1 saturated heterocycles. The van der Waals surface area contributed by atoms with E-state index in [1.807, 2.05) is 29.4 Å². The molecule has 106 valence electrons. The van der Waals surface area contributed by atoms with E-state index in [9.17, 15) is 4.79 Å². The first kappa shape index (κ1) is 13.0. The lowest BCUT2D eigenvalue weighted by molar-refractivity contribution is -0.132. The summed E-state index contributed by atoms with van der Waals surface area (Å²) in [6.07, 6.45) is 11.0. The zero-order chi connectivity index (χ0) is 13.8. The Balaban J connectivity index is 1.46. The van der Waals surface area contributed by atoms with Crippen molar-refractivity contribution in [2.45, 2.75) is 31.8 Å². The first-order valence-corrected chi connectivity index (χ1v) is 7.34. The molecule has 0 spiro atoms. The van der Waals surface area contributed by atoms with E-state index < -0.39 is 0 Å². The van der Waals surface area contributed by atoms with Crippen LogP contribution in [-0.4, -0.2) is 33.0 Å². The van der Waals surface area contributed by atoms with E-state index >= 15 is 0 Å². The highest BCUT2D eigenvalue weighted by Gasteiger charge is 2.22. The number of hydrogen-bond donors (Lipinski definition) is 0. The van der Waals surface area contributed by atoms with E-state index in [2.05, 4.69) is 33.7 Å². The highest BCUT2D eigenvalue weighted by atomic mass is 16.2. The summed E-state index contributed by atoms with van der Waals surface area (Å²) in [4.78, 5) is 14.2. The van der Waals surface area contributed by atoms with Gasteiger partial charge in [0, 0.05) is 56.9 Å². The van der Waals surface area contributed by atoms with E-state index in [1.54, 1.807) is 0 Å².